The van der Waals surface area contributed by atoms with Crippen molar-refractivity contribution in [2.24, 2.45) is 0 Å². The number of nitro benzene ring substituents is 1. The molecule has 0 saturated carbocycles. The van der Waals surface area contributed by atoms with Crippen LogP contribution in [0.5, 0.6) is 0 Å². The second-order valence-electron chi connectivity index (χ2n) is 4.23. The third kappa shape index (κ3) is 5.85. The number of hydrogen-bond donors (Lipinski definition) is 1. The predicted molar refractivity (Wildman–Crippen MR) is 75.3 cm³/mol. The van der Waals surface area contributed by atoms with Crippen LogP contribution < -0.4 is 5.32 Å². The Bertz CT molecular complexity index is 563. The lowest BCUT2D eigenvalue weighted by molar-refractivity contribution is -0.384. The van der Waals surface area contributed by atoms with Crippen molar-refractivity contribution >= 4 is 17.6 Å². The highest BCUT2D eigenvalue weighted by Crippen LogP contribution is 2.12. The van der Waals surface area contributed by atoms with Gasteiger partial charge in [0.25, 0.3) is 5.69 Å². The molecule has 1 rings (SSSR count). The molecular formula is C14H16N2O5. The maximum Gasteiger partial charge on any atom is 0.332 e. The van der Waals surface area contributed by atoms with Crippen LogP contribution in [-0.4, -0.2) is 23.4 Å². The summed E-state index contributed by atoms with van der Waals surface area (Å²) >= 11 is 0. The normalized spacial score (nSPS) is 10.9. The van der Waals surface area contributed by atoms with Gasteiger partial charge in [0.2, 0.25) is 5.91 Å². The van der Waals surface area contributed by atoms with Gasteiger partial charge >= 0.3 is 5.97 Å². The fourth-order valence-electron chi connectivity index (χ4n) is 1.58. The monoisotopic (exact) mass is 292 g/mol. The average Bonchev–Trinajstić information content (AvgIpc) is 2.38. The summed E-state index contributed by atoms with van der Waals surface area (Å²) in [6, 6.07) is 5.71. The van der Waals surface area contributed by atoms with Crippen molar-refractivity contribution in [2.45, 2.75) is 20.3 Å². The van der Waals surface area contributed by atoms with E-state index in [1.807, 2.05) is 0 Å². The van der Waals surface area contributed by atoms with E-state index < -0.39 is 10.9 Å². The van der Waals surface area contributed by atoms with Crippen LogP contribution in [0.1, 0.15) is 19.4 Å². The number of hydrogen-bond acceptors (Lipinski definition) is 5. The molecule has 0 saturated heterocycles. The third-order valence-corrected chi connectivity index (χ3v) is 2.47. The second-order valence-corrected chi connectivity index (χ2v) is 4.23. The number of benzene rings is 1. The SMILES string of the molecule is CCOC(=O)/C=C(\C)NC(=O)Cc1ccc([N+](=O)[O-])cc1. The Morgan fingerprint density at radius 1 is 1.33 bits per heavy atom. The van der Waals surface area contributed by atoms with Crippen LogP contribution >= 0.6 is 0 Å². The number of amides is 1. The minimum Gasteiger partial charge on any atom is -0.463 e. The Kier molecular flexibility index (Phi) is 6.06. The lowest BCUT2D eigenvalue weighted by Gasteiger charge is -2.05. The molecule has 0 spiro atoms. The number of ether oxygens (including phenoxy) is 1. The van der Waals surface area contributed by atoms with Gasteiger partial charge in [0.05, 0.1) is 18.0 Å². The molecule has 0 fully saturated rings. The van der Waals surface area contributed by atoms with E-state index in [1.165, 1.54) is 30.3 Å². The molecule has 1 N–H and O–H groups in total. The van der Waals surface area contributed by atoms with Crippen molar-refractivity contribution in [3.05, 3.63) is 51.7 Å². The summed E-state index contributed by atoms with van der Waals surface area (Å²) in [4.78, 5) is 32.9. The van der Waals surface area contributed by atoms with Crippen LogP contribution in [0.15, 0.2) is 36.0 Å². The molecule has 7 nitrogen and oxygen atoms in total. The van der Waals surface area contributed by atoms with Crippen molar-refractivity contribution < 1.29 is 19.2 Å². The summed E-state index contributed by atoms with van der Waals surface area (Å²) in [6.07, 6.45) is 1.25. The molecule has 0 aliphatic rings. The smallest absolute Gasteiger partial charge is 0.332 e. The largest absolute Gasteiger partial charge is 0.463 e. The molecule has 112 valence electrons. The van der Waals surface area contributed by atoms with Crippen molar-refractivity contribution in [1.82, 2.24) is 5.32 Å². The molecule has 0 aliphatic heterocycles. The molecule has 0 heterocycles. The van der Waals surface area contributed by atoms with Gasteiger partial charge in [-0.25, -0.2) is 4.79 Å². The first-order chi connectivity index (χ1) is 9.92. The number of nitrogens with one attached hydrogen (secondary N) is 1. The molecule has 0 atom stereocenters. The van der Waals surface area contributed by atoms with Crippen LogP contribution in [0.25, 0.3) is 0 Å². The van der Waals surface area contributed by atoms with Gasteiger partial charge in [-0.05, 0) is 19.4 Å². The lowest BCUT2D eigenvalue weighted by Crippen LogP contribution is -2.24. The molecule has 0 bridgehead atoms. The Labute approximate surface area is 121 Å². The van der Waals surface area contributed by atoms with E-state index in [1.54, 1.807) is 13.8 Å². The zero-order chi connectivity index (χ0) is 15.8. The Morgan fingerprint density at radius 3 is 2.48 bits per heavy atom. The Morgan fingerprint density at radius 2 is 1.95 bits per heavy atom. The second kappa shape index (κ2) is 7.78. The van der Waals surface area contributed by atoms with Crippen LogP contribution in [-0.2, 0) is 20.7 Å². The minimum absolute atomic E-state index is 0.0301. The van der Waals surface area contributed by atoms with Gasteiger partial charge in [-0.15, -0.1) is 0 Å². The molecule has 21 heavy (non-hydrogen) atoms. The van der Waals surface area contributed by atoms with Gasteiger partial charge in [-0.1, -0.05) is 12.1 Å². The van der Waals surface area contributed by atoms with Crippen LogP contribution in [0, 0.1) is 10.1 Å². The first-order valence-electron chi connectivity index (χ1n) is 6.30. The topological polar surface area (TPSA) is 98.5 Å². The number of esters is 1. The number of nitro groups is 1. The van der Waals surface area contributed by atoms with E-state index >= 15 is 0 Å². The molecule has 1 aromatic rings. The number of nitrogens with zero attached hydrogens (tertiary/aromatic N) is 1. The van der Waals surface area contributed by atoms with E-state index in [-0.39, 0.29) is 24.6 Å². The maximum absolute atomic E-state index is 11.7. The lowest BCUT2D eigenvalue weighted by atomic mass is 10.1. The van der Waals surface area contributed by atoms with Gasteiger partial charge in [-0.3, -0.25) is 14.9 Å². The summed E-state index contributed by atoms with van der Waals surface area (Å²) in [6.45, 7) is 3.53. The van der Waals surface area contributed by atoms with Gasteiger partial charge in [0.1, 0.15) is 0 Å². The summed E-state index contributed by atoms with van der Waals surface area (Å²) in [5.41, 5.74) is 0.986. The highest BCUT2D eigenvalue weighted by molar-refractivity contribution is 5.85. The number of carbonyl (C=O) groups excluding carboxylic acids is 2. The summed E-state index contributed by atoms with van der Waals surface area (Å²) in [5.74, 6) is -0.840. The Hall–Kier alpha value is -2.70. The molecule has 0 radical (unpaired) electrons. The molecular weight excluding hydrogens is 276 g/mol. The van der Waals surface area contributed by atoms with Gasteiger partial charge < -0.3 is 10.1 Å². The Balaban J connectivity index is 2.57. The number of rotatable bonds is 6. The quantitative estimate of drug-likeness (QED) is 0.372. The van der Waals surface area contributed by atoms with E-state index in [0.717, 1.165) is 0 Å². The predicted octanol–water partition coefficient (Wildman–Crippen LogP) is 1.72. The first-order valence-corrected chi connectivity index (χ1v) is 6.30. The van der Waals surface area contributed by atoms with E-state index in [4.69, 9.17) is 4.74 Å². The van der Waals surface area contributed by atoms with Crippen molar-refractivity contribution in [2.75, 3.05) is 6.61 Å². The van der Waals surface area contributed by atoms with Crippen LogP contribution in [0.3, 0.4) is 0 Å². The van der Waals surface area contributed by atoms with Gasteiger partial charge in [-0.2, -0.15) is 0 Å². The zero-order valence-electron chi connectivity index (χ0n) is 11.8. The number of allylic oxidation sites excluding steroid dienone is 1. The highest BCUT2D eigenvalue weighted by Gasteiger charge is 2.08. The highest BCUT2D eigenvalue weighted by atomic mass is 16.6. The van der Waals surface area contributed by atoms with Crippen molar-refractivity contribution in [1.29, 1.82) is 0 Å². The molecule has 1 amide bonds. The standard InChI is InChI=1S/C14H16N2O5/c1-3-21-14(18)8-10(2)15-13(17)9-11-4-6-12(7-5-11)16(19)20/h4-8H,3,9H2,1-2H3,(H,15,17)/b10-8+. The zero-order valence-corrected chi connectivity index (χ0v) is 11.8. The van der Waals surface area contributed by atoms with Crippen LogP contribution in [0.2, 0.25) is 0 Å². The van der Waals surface area contributed by atoms with E-state index in [9.17, 15) is 19.7 Å². The van der Waals surface area contributed by atoms with Gasteiger partial charge in [0, 0.05) is 23.9 Å². The summed E-state index contributed by atoms with van der Waals surface area (Å²) in [5, 5.41) is 13.1. The fourth-order valence-corrected chi connectivity index (χ4v) is 1.58. The summed E-state index contributed by atoms with van der Waals surface area (Å²) < 4.78 is 4.72. The summed E-state index contributed by atoms with van der Waals surface area (Å²) in [7, 11) is 0. The molecule has 1 aromatic carbocycles. The van der Waals surface area contributed by atoms with Crippen LogP contribution in [0.4, 0.5) is 5.69 Å². The molecule has 0 aliphatic carbocycles. The number of non-ortho nitro benzene ring substituents is 1. The number of carbonyl (C=O) groups is 2. The molecule has 7 heteroatoms. The van der Waals surface area contributed by atoms with Crippen molar-refractivity contribution in [3.63, 3.8) is 0 Å². The van der Waals surface area contributed by atoms with E-state index in [2.05, 4.69) is 5.32 Å². The van der Waals surface area contributed by atoms with E-state index in [0.29, 0.717) is 11.3 Å². The molecule has 0 aromatic heterocycles. The fraction of sp³-hybridized carbons (Fsp3) is 0.286. The maximum atomic E-state index is 11.7. The third-order valence-electron chi connectivity index (χ3n) is 2.47. The first kappa shape index (κ1) is 16.4. The van der Waals surface area contributed by atoms with Crippen molar-refractivity contribution in [3.8, 4) is 0 Å². The minimum atomic E-state index is -0.523. The molecule has 0 unspecified atom stereocenters. The van der Waals surface area contributed by atoms with Gasteiger partial charge in [0.15, 0.2) is 0 Å². The average molecular weight is 292 g/mol.